The van der Waals surface area contributed by atoms with E-state index in [1.807, 2.05) is 0 Å². The maximum atomic E-state index is 5.96. The second-order valence-electron chi connectivity index (χ2n) is 6.26. The summed E-state index contributed by atoms with van der Waals surface area (Å²) in [7, 11) is 0. The van der Waals surface area contributed by atoms with Crippen molar-refractivity contribution in [3.05, 3.63) is 35.9 Å². The molecule has 2 fully saturated rings. The van der Waals surface area contributed by atoms with Crippen LogP contribution in [0.5, 0.6) is 0 Å². The topological polar surface area (TPSA) is 41.7 Å². The molecule has 1 aromatic rings. The molecule has 0 aliphatic carbocycles. The first-order valence-corrected chi connectivity index (χ1v) is 8.17. The van der Waals surface area contributed by atoms with Crippen LogP contribution < -0.4 is 5.73 Å². The van der Waals surface area contributed by atoms with Gasteiger partial charge in [0.05, 0.1) is 12.2 Å². The summed E-state index contributed by atoms with van der Waals surface area (Å²) in [6, 6.07) is 10.8. The summed E-state index contributed by atoms with van der Waals surface area (Å²) in [5, 5.41) is 0. The van der Waals surface area contributed by atoms with E-state index in [0.717, 1.165) is 45.7 Å². The lowest BCUT2D eigenvalue weighted by Crippen LogP contribution is -2.48. The van der Waals surface area contributed by atoms with Gasteiger partial charge in [0.2, 0.25) is 0 Å². The smallest absolute Gasteiger partial charge is 0.0707 e. The summed E-state index contributed by atoms with van der Waals surface area (Å²) in [5.74, 6) is 0. The molecule has 4 nitrogen and oxygen atoms in total. The Morgan fingerprint density at radius 1 is 0.952 bits per heavy atom. The van der Waals surface area contributed by atoms with Gasteiger partial charge in [-0.1, -0.05) is 30.3 Å². The molecule has 2 aliphatic heterocycles. The zero-order chi connectivity index (χ0) is 14.5. The summed E-state index contributed by atoms with van der Waals surface area (Å²) in [5.41, 5.74) is 7.09. The molecule has 2 unspecified atom stereocenters. The fraction of sp³-hybridized carbons (Fsp3) is 0.647. The third kappa shape index (κ3) is 4.27. The fourth-order valence-electron chi connectivity index (χ4n) is 3.35. The Balaban J connectivity index is 1.39. The summed E-state index contributed by atoms with van der Waals surface area (Å²) >= 11 is 0. The first kappa shape index (κ1) is 15.0. The molecule has 2 N–H and O–H groups in total. The standard InChI is InChI=1S/C17H27N3O/c18-12-16-6-7-17(21-16)14-20-10-8-19(9-11-20)13-15-4-2-1-3-5-15/h1-5,16-17H,6-14,18H2. The maximum absolute atomic E-state index is 5.96. The second kappa shape index (κ2) is 7.36. The first-order chi connectivity index (χ1) is 10.3. The molecular formula is C17H27N3O. The van der Waals surface area contributed by atoms with Crippen molar-refractivity contribution in [3.63, 3.8) is 0 Å². The third-order valence-electron chi connectivity index (χ3n) is 4.63. The Morgan fingerprint density at radius 3 is 2.29 bits per heavy atom. The molecule has 0 aromatic heterocycles. The Bertz CT molecular complexity index is 417. The number of nitrogens with zero attached hydrogens (tertiary/aromatic N) is 2. The van der Waals surface area contributed by atoms with Crippen LogP contribution in [0, 0.1) is 0 Å². The van der Waals surface area contributed by atoms with Crippen LogP contribution in [0.4, 0.5) is 0 Å². The van der Waals surface area contributed by atoms with Crippen molar-refractivity contribution in [3.8, 4) is 0 Å². The summed E-state index contributed by atoms with van der Waals surface area (Å²) < 4.78 is 5.96. The van der Waals surface area contributed by atoms with Gasteiger partial charge in [-0.05, 0) is 18.4 Å². The predicted molar refractivity (Wildman–Crippen MR) is 85.1 cm³/mol. The number of benzene rings is 1. The van der Waals surface area contributed by atoms with E-state index in [0.29, 0.717) is 18.8 Å². The molecule has 2 atom stereocenters. The van der Waals surface area contributed by atoms with Crippen molar-refractivity contribution >= 4 is 0 Å². The summed E-state index contributed by atoms with van der Waals surface area (Å²) in [4.78, 5) is 5.09. The van der Waals surface area contributed by atoms with Gasteiger partial charge in [0.15, 0.2) is 0 Å². The molecule has 21 heavy (non-hydrogen) atoms. The molecule has 3 rings (SSSR count). The number of piperazine rings is 1. The number of ether oxygens (including phenoxy) is 1. The minimum atomic E-state index is 0.300. The molecule has 2 heterocycles. The van der Waals surface area contributed by atoms with Gasteiger partial charge in [-0.25, -0.2) is 0 Å². The van der Waals surface area contributed by atoms with Gasteiger partial charge in [0, 0.05) is 45.8 Å². The van der Waals surface area contributed by atoms with E-state index in [4.69, 9.17) is 10.5 Å². The van der Waals surface area contributed by atoms with Crippen LogP contribution in [0.25, 0.3) is 0 Å². The highest BCUT2D eigenvalue weighted by Crippen LogP contribution is 2.20. The van der Waals surface area contributed by atoms with E-state index < -0.39 is 0 Å². The number of nitrogens with two attached hydrogens (primary N) is 1. The predicted octanol–water partition coefficient (Wildman–Crippen LogP) is 1.31. The van der Waals surface area contributed by atoms with E-state index in [2.05, 4.69) is 40.1 Å². The highest BCUT2D eigenvalue weighted by molar-refractivity contribution is 5.14. The van der Waals surface area contributed by atoms with Gasteiger partial charge in [0.25, 0.3) is 0 Å². The zero-order valence-electron chi connectivity index (χ0n) is 12.8. The lowest BCUT2D eigenvalue weighted by Gasteiger charge is -2.35. The molecule has 1 aromatic carbocycles. The second-order valence-corrected chi connectivity index (χ2v) is 6.26. The number of hydrogen-bond donors (Lipinski definition) is 1. The minimum Gasteiger partial charge on any atom is -0.372 e. The maximum Gasteiger partial charge on any atom is 0.0707 e. The Morgan fingerprint density at radius 2 is 1.62 bits per heavy atom. The van der Waals surface area contributed by atoms with Crippen LogP contribution >= 0.6 is 0 Å². The van der Waals surface area contributed by atoms with Gasteiger partial charge >= 0.3 is 0 Å². The average molecular weight is 289 g/mol. The normalized spacial score (nSPS) is 28.0. The van der Waals surface area contributed by atoms with E-state index in [9.17, 15) is 0 Å². The van der Waals surface area contributed by atoms with Gasteiger partial charge < -0.3 is 10.5 Å². The summed E-state index contributed by atoms with van der Waals surface area (Å²) in [6.07, 6.45) is 3.01. The van der Waals surface area contributed by atoms with Crippen LogP contribution in [-0.4, -0.2) is 61.3 Å². The number of hydrogen-bond acceptors (Lipinski definition) is 4. The molecule has 2 saturated heterocycles. The molecule has 0 spiro atoms. The molecule has 116 valence electrons. The Hall–Kier alpha value is -0.940. The zero-order valence-corrected chi connectivity index (χ0v) is 12.8. The Kier molecular flexibility index (Phi) is 5.25. The van der Waals surface area contributed by atoms with E-state index >= 15 is 0 Å². The van der Waals surface area contributed by atoms with Crippen molar-refractivity contribution in [1.29, 1.82) is 0 Å². The highest BCUT2D eigenvalue weighted by Gasteiger charge is 2.27. The van der Waals surface area contributed by atoms with E-state index in [1.165, 1.54) is 12.0 Å². The van der Waals surface area contributed by atoms with E-state index in [1.54, 1.807) is 0 Å². The van der Waals surface area contributed by atoms with Gasteiger partial charge in [-0.2, -0.15) is 0 Å². The minimum absolute atomic E-state index is 0.300. The van der Waals surface area contributed by atoms with Crippen LogP contribution in [0.3, 0.4) is 0 Å². The SMILES string of the molecule is NCC1CCC(CN2CCN(Cc3ccccc3)CC2)O1. The van der Waals surface area contributed by atoms with Crippen LogP contribution in [0.15, 0.2) is 30.3 Å². The van der Waals surface area contributed by atoms with Crippen LogP contribution in [-0.2, 0) is 11.3 Å². The lowest BCUT2D eigenvalue weighted by molar-refractivity contribution is 0.0150. The lowest BCUT2D eigenvalue weighted by atomic mass is 10.1. The highest BCUT2D eigenvalue weighted by atomic mass is 16.5. The van der Waals surface area contributed by atoms with Crippen LogP contribution in [0.1, 0.15) is 18.4 Å². The molecule has 0 radical (unpaired) electrons. The Labute approximate surface area is 127 Å². The van der Waals surface area contributed by atoms with Crippen molar-refractivity contribution in [2.75, 3.05) is 39.3 Å². The molecular weight excluding hydrogens is 262 g/mol. The molecule has 0 amide bonds. The third-order valence-corrected chi connectivity index (χ3v) is 4.63. The monoisotopic (exact) mass is 289 g/mol. The quantitative estimate of drug-likeness (QED) is 0.887. The molecule has 4 heteroatoms. The van der Waals surface area contributed by atoms with Crippen LogP contribution in [0.2, 0.25) is 0 Å². The molecule has 2 aliphatic rings. The first-order valence-electron chi connectivity index (χ1n) is 8.17. The summed E-state index contributed by atoms with van der Waals surface area (Å²) in [6.45, 7) is 7.44. The van der Waals surface area contributed by atoms with Crippen molar-refractivity contribution in [2.24, 2.45) is 5.73 Å². The average Bonchev–Trinajstić information content (AvgIpc) is 2.98. The van der Waals surface area contributed by atoms with Gasteiger partial charge in [0.1, 0.15) is 0 Å². The van der Waals surface area contributed by atoms with Crippen molar-refractivity contribution in [2.45, 2.75) is 31.6 Å². The van der Waals surface area contributed by atoms with Crippen molar-refractivity contribution in [1.82, 2.24) is 9.80 Å². The molecule has 0 bridgehead atoms. The fourth-order valence-corrected chi connectivity index (χ4v) is 3.35. The van der Waals surface area contributed by atoms with Crippen molar-refractivity contribution < 1.29 is 4.74 Å². The van der Waals surface area contributed by atoms with E-state index in [-0.39, 0.29) is 0 Å². The number of rotatable bonds is 5. The van der Waals surface area contributed by atoms with Gasteiger partial charge in [-0.15, -0.1) is 0 Å². The molecule has 0 saturated carbocycles. The van der Waals surface area contributed by atoms with Gasteiger partial charge in [-0.3, -0.25) is 9.80 Å². The largest absolute Gasteiger partial charge is 0.372 e.